The van der Waals surface area contributed by atoms with Crippen molar-refractivity contribution in [1.29, 1.82) is 0 Å². The second-order valence-corrected chi connectivity index (χ2v) is 8.14. The molecule has 0 N–H and O–H groups in total. The summed E-state index contributed by atoms with van der Waals surface area (Å²) in [4.78, 5) is 0. The van der Waals surface area contributed by atoms with Gasteiger partial charge in [-0.3, -0.25) is 0 Å². The van der Waals surface area contributed by atoms with Crippen molar-refractivity contribution in [2.45, 2.75) is 125 Å². The Morgan fingerprint density at radius 2 is 0.905 bits per heavy atom. The summed E-state index contributed by atoms with van der Waals surface area (Å²) in [5.74, 6) is 0.815. The smallest absolute Gasteiger partial charge is 0.0331 e. The number of rotatable bonds is 15. The van der Waals surface area contributed by atoms with Crippen molar-refractivity contribution in [2.75, 3.05) is 0 Å². The average Bonchev–Trinajstić information content (AvgIpc) is 2.43. The van der Waals surface area contributed by atoms with E-state index < -0.39 is 0 Å². The van der Waals surface area contributed by atoms with Gasteiger partial charge in [-0.05, 0) is 17.8 Å². The van der Waals surface area contributed by atoms with Gasteiger partial charge in [0.15, 0.2) is 0 Å². The monoisotopic (exact) mass is 296 g/mol. The van der Waals surface area contributed by atoms with E-state index in [4.69, 9.17) is 0 Å². The number of hydrogen-bond acceptors (Lipinski definition) is 0. The Kier molecular flexibility index (Phi) is 13.6. The van der Waals surface area contributed by atoms with Crippen molar-refractivity contribution in [1.82, 2.24) is 0 Å². The lowest BCUT2D eigenvalue weighted by Gasteiger charge is -2.29. The molecule has 0 aromatic heterocycles. The van der Waals surface area contributed by atoms with Gasteiger partial charge in [0.25, 0.3) is 0 Å². The molecule has 0 rings (SSSR count). The highest BCUT2D eigenvalue weighted by Gasteiger charge is 2.20. The highest BCUT2D eigenvalue weighted by atomic mass is 14.3. The summed E-state index contributed by atoms with van der Waals surface area (Å²) in [7, 11) is 0. The molecule has 128 valence electrons. The molecule has 0 heteroatoms. The molecule has 21 heavy (non-hydrogen) atoms. The molecule has 0 spiro atoms. The van der Waals surface area contributed by atoms with E-state index in [2.05, 4.69) is 34.6 Å². The van der Waals surface area contributed by atoms with Crippen LogP contribution in [-0.4, -0.2) is 0 Å². The largest absolute Gasteiger partial charge is 0.0654 e. The first-order valence-electron chi connectivity index (χ1n) is 10.0. The fraction of sp³-hybridized carbons (Fsp3) is 1.00. The van der Waals surface area contributed by atoms with Crippen molar-refractivity contribution in [3.63, 3.8) is 0 Å². The first-order chi connectivity index (χ1) is 10.0. The van der Waals surface area contributed by atoms with E-state index in [0.29, 0.717) is 5.41 Å². The van der Waals surface area contributed by atoms with Crippen molar-refractivity contribution in [3.05, 3.63) is 0 Å². The lowest BCUT2D eigenvalue weighted by molar-refractivity contribution is 0.221. The molecule has 0 heterocycles. The minimum Gasteiger partial charge on any atom is -0.0654 e. The van der Waals surface area contributed by atoms with E-state index in [0.717, 1.165) is 5.92 Å². The van der Waals surface area contributed by atoms with Gasteiger partial charge in [0.1, 0.15) is 0 Å². The first kappa shape index (κ1) is 21.0. The summed E-state index contributed by atoms with van der Waals surface area (Å²) in [6.45, 7) is 11.9. The molecule has 0 nitrogen and oxygen atoms in total. The van der Waals surface area contributed by atoms with Crippen LogP contribution >= 0.6 is 0 Å². The second-order valence-electron chi connectivity index (χ2n) is 8.14. The molecule has 0 atom stereocenters. The van der Waals surface area contributed by atoms with Gasteiger partial charge in [-0.1, -0.05) is 118 Å². The topological polar surface area (TPSA) is 0 Å². The Labute approximate surface area is 136 Å². The number of unbranched alkanes of at least 4 members (excludes halogenated alkanes) is 12. The molecule has 0 bridgehead atoms. The van der Waals surface area contributed by atoms with Crippen molar-refractivity contribution >= 4 is 0 Å². The van der Waals surface area contributed by atoms with Crippen LogP contribution in [0, 0.1) is 11.3 Å². The highest BCUT2D eigenvalue weighted by Crippen LogP contribution is 2.32. The van der Waals surface area contributed by atoms with Gasteiger partial charge in [0.05, 0.1) is 0 Å². The third-order valence-corrected chi connectivity index (χ3v) is 5.49. The van der Waals surface area contributed by atoms with Gasteiger partial charge in [-0.15, -0.1) is 0 Å². The Hall–Kier alpha value is 0. The maximum atomic E-state index is 2.43. The zero-order valence-corrected chi connectivity index (χ0v) is 16.0. The molecule has 0 aromatic rings. The Morgan fingerprint density at radius 1 is 0.571 bits per heavy atom. The minimum atomic E-state index is 0.539. The Bertz CT molecular complexity index is 202. The highest BCUT2D eigenvalue weighted by molar-refractivity contribution is 4.71. The first-order valence-corrected chi connectivity index (χ1v) is 10.0. The van der Waals surface area contributed by atoms with Crippen LogP contribution in [0.3, 0.4) is 0 Å². The quantitative estimate of drug-likeness (QED) is 0.267. The lowest BCUT2D eigenvalue weighted by atomic mass is 9.77. The molecular weight excluding hydrogens is 252 g/mol. The van der Waals surface area contributed by atoms with Crippen LogP contribution in [0.15, 0.2) is 0 Å². The maximum Gasteiger partial charge on any atom is -0.0331 e. The summed E-state index contributed by atoms with van der Waals surface area (Å²) in [5.41, 5.74) is 0.539. The third-order valence-electron chi connectivity index (χ3n) is 5.49. The lowest BCUT2D eigenvalue weighted by Crippen LogP contribution is -2.18. The maximum absolute atomic E-state index is 2.43. The fourth-order valence-electron chi connectivity index (χ4n) is 2.89. The minimum absolute atomic E-state index is 0.539. The second kappa shape index (κ2) is 13.6. The third kappa shape index (κ3) is 13.4. The molecule has 0 aliphatic rings. The van der Waals surface area contributed by atoms with E-state index >= 15 is 0 Å². The fourth-order valence-corrected chi connectivity index (χ4v) is 2.89. The van der Waals surface area contributed by atoms with Gasteiger partial charge in [-0.25, -0.2) is 0 Å². The van der Waals surface area contributed by atoms with Gasteiger partial charge in [-0.2, -0.15) is 0 Å². The van der Waals surface area contributed by atoms with Crippen molar-refractivity contribution in [2.24, 2.45) is 11.3 Å². The van der Waals surface area contributed by atoms with Crippen LogP contribution in [0.5, 0.6) is 0 Å². The zero-order chi connectivity index (χ0) is 16.0. The molecule has 0 saturated carbocycles. The summed E-state index contributed by atoms with van der Waals surface area (Å²) < 4.78 is 0. The summed E-state index contributed by atoms with van der Waals surface area (Å²) in [6.07, 6.45) is 20.3. The normalized spacial score (nSPS) is 12.3. The molecule has 0 aliphatic heterocycles. The van der Waals surface area contributed by atoms with E-state index in [9.17, 15) is 0 Å². The molecule has 0 aliphatic carbocycles. The summed E-state index contributed by atoms with van der Waals surface area (Å²) in [6, 6.07) is 0. The van der Waals surface area contributed by atoms with Gasteiger partial charge >= 0.3 is 0 Å². The number of hydrogen-bond donors (Lipinski definition) is 0. The standard InChI is InChI=1S/C21H44/c1-6-7-8-9-10-11-12-13-14-15-16-17-18-19-21(4,5)20(2)3/h20H,6-19H2,1-5H3. The molecule has 0 radical (unpaired) electrons. The molecular formula is C21H44. The van der Waals surface area contributed by atoms with Crippen LogP contribution in [0.1, 0.15) is 125 Å². The van der Waals surface area contributed by atoms with E-state index in [1.807, 2.05) is 0 Å². The van der Waals surface area contributed by atoms with Crippen LogP contribution in [0.25, 0.3) is 0 Å². The van der Waals surface area contributed by atoms with Crippen LogP contribution < -0.4 is 0 Å². The van der Waals surface area contributed by atoms with E-state index in [-0.39, 0.29) is 0 Å². The SMILES string of the molecule is CCCCCCCCCCCCCCCC(C)(C)C(C)C. The van der Waals surface area contributed by atoms with Gasteiger partial charge in [0.2, 0.25) is 0 Å². The van der Waals surface area contributed by atoms with Crippen LogP contribution in [-0.2, 0) is 0 Å². The summed E-state index contributed by atoms with van der Waals surface area (Å²) >= 11 is 0. The van der Waals surface area contributed by atoms with Gasteiger partial charge in [0, 0.05) is 0 Å². The predicted octanol–water partition coefficient (Wildman–Crippen LogP) is 8.15. The molecule has 0 aromatic carbocycles. The summed E-state index contributed by atoms with van der Waals surface area (Å²) in [5, 5.41) is 0. The van der Waals surface area contributed by atoms with Gasteiger partial charge < -0.3 is 0 Å². The molecule has 0 amide bonds. The van der Waals surface area contributed by atoms with E-state index in [1.54, 1.807) is 0 Å². The molecule has 0 saturated heterocycles. The zero-order valence-electron chi connectivity index (χ0n) is 16.0. The Balaban J connectivity index is 3.16. The van der Waals surface area contributed by atoms with Crippen LogP contribution in [0.2, 0.25) is 0 Å². The van der Waals surface area contributed by atoms with Crippen molar-refractivity contribution < 1.29 is 0 Å². The predicted molar refractivity (Wildman–Crippen MR) is 98.9 cm³/mol. The van der Waals surface area contributed by atoms with E-state index in [1.165, 1.54) is 89.9 Å². The Morgan fingerprint density at radius 3 is 1.24 bits per heavy atom. The van der Waals surface area contributed by atoms with Crippen molar-refractivity contribution in [3.8, 4) is 0 Å². The van der Waals surface area contributed by atoms with Crippen LogP contribution in [0.4, 0.5) is 0 Å². The molecule has 0 fully saturated rings. The average molecular weight is 297 g/mol. The molecule has 0 unspecified atom stereocenters.